The molecule has 0 radical (unpaired) electrons. The molecular weight excluding hydrogens is 196 g/mol. The first-order valence-electron chi connectivity index (χ1n) is 4.25. The number of aliphatic carboxylic acids is 1. The SMILES string of the molecule is NC(=O)c1cccc(C=CCC(=O)O)n1. The van der Waals surface area contributed by atoms with Crippen molar-refractivity contribution in [3.63, 3.8) is 0 Å². The van der Waals surface area contributed by atoms with Gasteiger partial charge in [-0.2, -0.15) is 0 Å². The fraction of sp³-hybridized carbons (Fsp3) is 0.100. The first kappa shape index (κ1) is 10.9. The minimum atomic E-state index is -0.919. The second kappa shape index (κ2) is 4.90. The molecule has 0 saturated carbocycles. The largest absolute Gasteiger partial charge is 0.481 e. The van der Waals surface area contributed by atoms with Gasteiger partial charge in [-0.25, -0.2) is 4.98 Å². The third-order valence-electron chi connectivity index (χ3n) is 1.60. The summed E-state index contributed by atoms with van der Waals surface area (Å²) in [4.78, 5) is 24.9. The maximum Gasteiger partial charge on any atom is 0.307 e. The molecule has 0 unspecified atom stereocenters. The molecule has 0 atom stereocenters. The van der Waals surface area contributed by atoms with E-state index in [1.165, 1.54) is 18.2 Å². The number of carboxylic acids is 1. The van der Waals surface area contributed by atoms with Crippen LogP contribution in [0, 0.1) is 0 Å². The second-order valence-electron chi connectivity index (χ2n) is 2.81. The highest BCUT2D eigenvalue weighted by Gasteiger charge is 2.00. The topological polar surface area (TPSA) is 93.3 Å². The summed E-state index contributed by atoms with van der Waals surface area (Å²) in [6.45, 7) is 0. The van der Waals surface area contributed by atoms with Crippen LogP contribution in [0.1, 0.15) is 22.6 Å². The quantitative estimate of drug-likeness (QED) is 0.757. The van der Waals surface area contributed by atoms with Crippen LogP contribution >= 0.6 is 0 Å². The average molecular weight is 206 g/mol. The van der Waals surface area contributed by atoms with Crippen LogP contribution in [0.4, 0.5) is 0 Å². The van der Waals surface area contributed by atoms with Crippen molar-refractivity contribution >= 4 is 18.0 Å². The lowest BCUT2D eigenvalue weighted by molar-refractivity contribution is -0.135. The molecule has 0 bridgehead atoms. The van der Waals surface area contributed by atoms with Crippen molar-refractivity contribution in [2.24, 2.45) is 5.73 Å². The predicted molar refractivity (Wildman–Crippen MR) is 54.0 cm³/mol. The lowest BCUT2D eigenvalue weighted by atomic mass is 10.2. The summed E-state index contributed by atoms with van der Waals surface area (Å²) in [5, 5.41) is 8.39. The van der Waals surface area contributed by atoms with Crippen LogP contribution in [0.15, 0.2) is 24.3 Å². The molecule has 78 valence electrons. The van der Waals surface area contributed by atoms with Crippen LogP contribution in [-0.4, -0.2) is 22.0 Å². The molecule has 0 spiro atoms. The van der Waals surface area contributed by atoms with Gasteiger partial charge in [0.1, 0.15) is 5.69 Å². The molecular formula is C10H10N2O3. The molecule has 1 aromatic heterocycles. The Bertz CT molecular complexity index is 413. The molecule has 1 aromatic rings. The molecule has 0 aliphatic carbocycles. The van der Waals surface area contributed by atoms with Crippen molar-refractivity contribution in [3.05, 3.63) is 35.7 Å². The first-order chi connectivity index (χ1) is 7.09. The smallest absolute Gasteiger partial charge is 0.307 e. The number of amides is 1. The minimum Gasteiger partial charge on any atom is -0.481 e. The monoisotopic (exact) mass is 206 g/mol. The van der Waals surface area contributed by atoms with Crippen LogP contribution in [0.3, 0.4) is 0 Å². The highest BCUT2D eigenvalue weighted by atomic mass is 16.4. The molecule has 0 saturated heterocycles. The molecule has 5 heteroatoms. The van der Waals surface area contributed by atoms with E-state index >= 15 is 0 Å². The van der Waals surface area contributed by atoms with Gasteiger partial charge in [0.15, 0.2) is 0 Å². The lowest BCUT2D eigenvalue weighted by Gasteiger charge is -1.96. The van der Waals surface area contributed by atoms with E-state index in [-0.39, 0.29) is 12.1 Å². The maximum absolute atomic E-state index is 10.8. The predicted octanol–water partition coefficient (Wildman–Crippen LogP) is 0.668. The Morgan fingerprint density at radius 2 is 2.20 bits per heavy atom. The Hall–Kier alpha value is -2.17. The zero-order valence-corrected chi connectivity index (χ0v) is 7.88. The van der Waals surface area contributed by atoms with Gasteiger partial charge in [0.2, 0.25) is 0 Å². The van der Waals surface area contributed by atoms with E-state index in [4.69, 9.17) is 10.8 Å². The van der Waals surface area contributed by atoms with Crippen LogP contribution in [0.5, 0.6) is 0 Å². The Morgan fingerprint density at radius 1 is 1.47 bits per heavy atom. The van der Waals surface area contributed by atoms with Crippen molar-refractivity contribution < 1.29 is 14.7 Å². The number of primary amides is 1. The minimum absolute atomic E-state index is 0.0809. The van der Waals surface area contributed by atoms with Crippen molar-refractivity contribution in [2.75, 3.05) is 0 Å². The standard InChI is InChI=1S/C10H10N2O3/c11-10(15)8-5-1-3-7(12-8)4-2-6-9(13)14/h1-5H,6H2,(H2,11,15)(H,13,14). The summed E-state index contributed by atoms with van der Waals surface area (Å²) in [7, 11) is 0. The number of carbonyl (C=O) groups excluding carboxylic acids is 1. The van der Waals surface area contributed by atoms with E-state index < -0.39 is 11.9 Å². The van der Waals surface area contributed by atoms with Crippen LogP contribution in [0.25, 0.3) is 6.08 Å². The van der Waals surface area contributed by atoms with Gasteiger partial charge in [0.25, 0.3) is 5.91 Å². The molecule has 15 heavy (non-hydrogen) atoms. The maximum atomic E-state index is 10.8. The van der Waals surface area contributed by atoms with Gasteiger partial charge in [-0.1, -0.05) is 12.1 Å². The van der Waals surface area contributed by atoms with Crippen LogP contribution in [0.2, 0.25) is 0 Å². The van der Waals surface area contributed by atoms with Gasteiger partial charge >= 0.3 is 5.97 Å². The number of hydrogen-bond acceptors (Lipinski definition) is 3. The van der Waals surface area contributed by atoms with Gasteiger partial charge in [0.05, 0.1) is 12.1 Å². The third-order valence-corrected chi connectivity index (χ3v) is 1.60. The van der Waals surface area contributed by atoms with Gasteiger partial charge in [-0.15, -0.1) is 0 Å². The van der Waals surface area contributed by atoms with Gasteiger partial charge in [0, 0.05) is 0 Å². The van der Waals surface area contributed by atoms with E-state index in [1.807, 2.05) is 0 Å². The second-order valence-corrected chi connectivity index (χ2v) is 2.81. The highest BCUT2D eigenvalue weighted by molar-refractivity contribution is 5.90. The average Bonchev–Trinajstić information content (AvgIpc) is 2.17. The zero-order valence-electron chi connectivity index (χ0n) is 7.88. The molecule has 3 N–H and O–H groups in total. The Labute approximate surface area is 86.2 Å². The summed E-state index contributed by atoms with van der Waals surface area (Å²) < 4.78 is 0. The van der Waals surface area contributed by atoms with Gasteiger partial charge < -0.3 is 10.8 Å². The third kappa shape index (κ3) is 3.60. The molecule has 0 fully saturated rings. The number of pyridine rings is 1. The zero-order chi connectivity index (χ0) is 11.3. The number of carbonyl (C=O) groups is 2. The van der Waals surface area contributed by atoms with Crippen molar-refractivity contribution in [2.45, 2.75) is 6.42 Å². The lowest BCUT2D eigenvalue weighted by Crippen LogP contribution is -2.13. The van der Waals surface area contributed by atoms with E-state index in [9.17, 15) is 9.59 Å². The highest BCUT2D eigenvalue weighted by Crippen LogP contribution is 2.01. The van der Waals surface area contributed by atoms with Crippen molar-refractivity contribution in [1.29, 1.82) is 0 Å². The molecule has 0 aliphatic heterocycles. The van der Waals surface area contributed by atoms with Crippen LogP contribution in [-0.2, 0) is 4.79 Å². The Balaban J connectivity index is 2.78. The van der Waals surface area contributed by atoms with Gasteiger partial charge in [-0.05, 0) is 18.2 Å². The van der Waals surface area contributed by atoms with Crippen molar-refractivity contribution in [1.82, 2.24) is 4.98 Å². The Kier molecular flexibility index (Phi) is 3.56. The fourth-order valence-electron chi connectivity index (χ4n) is 0.962. The normalized spacial score (nSPS) is 10.4. The molecule has 1 heterocycles. The molecule has 1 rings (SSSR count). The number of nitrogens with two attached hydrogens (primary N) is 1. The van der Waals surface area contributed by atoms with E-state index in [0.717, 1.165) is 0 Å². The summed E-state index contributed by atoms with van der Waals surface area (Å²) >= 11 is 0. The summed E-state index contributed by atoms with van der Waals surface area (Å²) in [6, 6.07) is 4.79. The summed E-state index contributed by atoms with van der Waals surface area (Å²) in [5.74, 6) is -1.53. The van der Waals surface area contributed by atoms with Crippen molar-refractivity contribution in [3.8, 4) is 0 Å². The number of rotatable bonds is 4. The van der Waals surface area contributed by atoms with E-state index in [1.54, 1.807) is 12.1 Å². The van der Waals surface area contributed by atoms with E-state index in [0.29, 0.717) is 5.69 Å². The number of nitrogens with zero attached hydrogens (tertiary/aromatic N) is 1. The van der Waals surface area contributed by atoms with Crippen LogP contribution < -0.4 is 5.73 Å². The summed E-state index contributed by atoms with van der Waals surface area (Å²) in [6.07, 6.45) is 2.90. The number of carboxylic acid groups (broad SMARTS) is 1. The fourth-order valence-corrected chi connectivity index (χ4v) is 0.962. The molecule has 5 nitrogen and oxygen atoms in total. The van der Waals surface area contributed by atoms with Gasteiger partial charge in [-0.3, -0.25) is 9.59 Å². The van der Waals surface area contributed by atoms with E-state index in [2.05, 4.69) is 4.98 Å². The number of aromatic nitrogens is 1. The molecule has 0 aromatic carbocycles. The Morgan fingerprint density at radius 3 is 2.80 bits per heavy atom. The molecule has 0 aliphatic rings. The summed E-state index contributed by atoms with van der Waals surface area (Å²) in [5.41, 5.74) is 5.71. The first-order valence-corrected chi connectivity index (χ1v) is 4.25. The molecule has 1 amide bonds. The number of hydrogen-bond donors (Lipinski definition) is 2.